The zero-order chi connectivity index (χ0) is 22.1. The Labute approximate surface area is 185 Å². The molecule has 0 aromatic heterocycles. The molecule has 1 saturated heterocycles. The summed E-state index contributed by atoms with van der Waals surface area (Å²) in [5.41, 5.74) is 4.14. The first kappa shape index (κ1) is 22.9. The number of ether oxygens (including phenoxy) is 2. The van der Waals surface area contributed by atoms with E-state index in [0.717, 1.165) is 67.1 Å². The summed E-state index contributed by atoms with van der Waals surface area (Å²) in [5, 5.41) is 9.10. The van der Waals surface area contributed by atoms with Crippen LogP contribution in [0.1, 0.15) is 38.7 Å². The van der Waals surface area contributed by atoms with Gasteiger partial charge in [-0.2, -0.15) is 0 Å². The molecule has 1 unspecified atom stereocenters. The van der Waals surface area contributed by atoms with E-state index < -0.39 is 5.97 Å². The Morgan fingerprint density at radius 3 is 2.58 bits per heavy atom. The summed E-state index contributed by atoms with van der Waals surface area (Å²) in [4.78, 5) is 13.4. The zero-order valence-electron chi connectivity index (χ0n) is 18.5. The standard InChI is InChI=1S/C26H33NO4/c1-3-4-15-30-16-17-31-24-9-5-21(6-10-24)22-7-11-25(27-14-13-20(2)19-27)23(18-22)8-12-26(28)29/h5-12,18,20H,3-4,13-17,19H2,1-2H3,(H,28,29). The number of carboxylic acid groups (broad SMARTS) is 1. The maximum absolute atomic E-state index is 11.1. The van der Waals surface area contributed by atoms with E-state index in [0.29, 0.717) is 19.1 Å². The summed E-state index contributed by atoms with van der Waals surface area (Å²) >= 11 is 0. The van der Waals surface area contributed by atoms with Crippen LogP contribution in [0.25, 0.3) is 17.2 Å². The number of anilines is 1. The SMILES string of the molecule is CCCCOCCOc1ccc(-c2ccc(N3CCC(C)C3)c(C=CC(=O)O)c2)cc1. The molecular formula is C26H33NO4. The number of carbonyl (C=O) groups is 1. The molecule has 0 bridgehead atoms. The molecule has 1 fully saturated rings. The van der Waals surface area contributed by atoms with E-state index in [1.54, 1.807) is 6.08 Å². The minimum atomic E-state index is -0.939. The van der Waals surface area contributed by atoms with Crippen LogP contribution in [0.5, 0.6) is 5.75 Å². The van der Waals surface area contributed by atoms with Crippen LogP contribution in [0.3, 0.4) is 0 Å². The summed E-state index contributed by atoms with van der Waals surface area (Å²) < 4.78 is 11.3. The van der Waals surface area contributed by atoms with Gasteiger partial charge in [0, 0.05) is 31.5 Å². The van der Waals surface area contributed by atoms with Gasteiger partial charge in [0.25, 0.3) is 0 Å². The third kappa shape index (κ3) is 6.86. The number of unbranched alkanes of at least 4 members (excludes halogenated alkanes) is 1. The van der Waals surface area contributed by atoms with Crippen LogP contribution in [0.2, 0.25) is 0 Å². The van der Waals surface area contributed by atoms with Gasteiger partial charge in [0.1, 0.15) is 12.4 Å². The number of nitrogens with zero attached hydrogens (tertiary/aromatic N) is 1. The van der Waals surface area contributed by atoms with Crippen LogP contribution < -0.4 is 9.64 Å². The first-order valence-electron chi connectivity index (χ1n) is 11.2. The summed E-state index contributed by atoms with van der Waals surface area (Å²) in [6.07, 6.45) is 6.28. The van der Waals surface area contributed by atoms with Crippen LogP contribution in [-0.2, 0) is 9.53 Å². The fourth-order valence-corrected chi connectivity index (χ4v) is 3.78. The third-order valence-electron chi connectivity index (χ3n) is 5.52. The second-order valence-electron chi connectivity index (χ2n) is 8.12. The molecule has 31 heavy (non-hydrogen) atoms. The van der Waals surface area contributed by atoms with Crippen molar-refractivity contribution >= 4 is 17.7 Å². The molecule has 5 heteroatoms. The van der Waals surface area contributed by atoms with E-state index in [4.69, 9.17) is 14.6 Å². The Bertz CT molecular complexity index is 875. The average molecular weight is 424 g/mol. The van der Waals surface area contributed by atoms with Crippen molar-refractivity contribution in [2.75, 3.05) is 37.8 Å². The maximum atomic E-state index is 11.1. The number of hydrogen-bond acceptors (Lipinski definition) is 4. The Morgan fingerprint density at radius 1 is 1.13 bits per heavy atom. The van der Waals surface area contributed by atoms with E-state index >= 15 is 0 Å². The highest BCUT2D eigenvalue weighted by atomic mass is 16.5. The van der Waals surface area contributed by atoms with Crippen molar-refractivity contribution in [3.8, 4) is 16.9 Å². The van der Waals surface area contributed by atoms with Gasteiger partial charge in [-0.3, -0.25) is 0 Å². The molecule has 0 amide bonds. The van der Waals surface area contributed by atoms with Crippen LogP contribution in [0.15, 0.2) is 48.5 Å². The lowest BCUT2D eigenvalue weighted by Crippen LogP contribution is -2.20. The molecule has 0 radical (unpaired) electrons. The molecule has 1 aliphatic heterocycles. The molecule has 2 aromatic carbocycles. The molecule has 166 valence electrons. The predicted molar refractivity (Wildman–Crippen MR) is 126 cm³/mol. The van der Waals surface area contributed by atoms with Crippen molar-refractivity contribution in [3.63, 3.8) is 0 Å². The molecule has 0 spiro atoms. The molecule has 0 aliphatic carbocycles. The van der Waals surface area contributed by atoms with Gasteiger partial charge < -0.3 is 19.5 Å². The van der Waals surface area contributed by atoms with Gasteiger partial charge in [-0.05, 0) is 65.8 Å². The lowest BCUT2D eigenvalue weighted by molar-refractivity contribution is -0.131. The van der Waals surface area contributed by atoms with Gasteiger partial charge in [0.15, 0.2) is 0 Å². The molecule has 3 rings (SSSR count). The number of hydrogen-bond donors (Lipinski definition) is 1. The molecule has 5 nitrogen and oxygen atoms in total. The van der Waals surface area contributed by atoms with Crippen molar-refractivity contribution in [2.45, 2.75) is 33.1 Å². The number of aliphatic carboxylic acids is 1. The van der Waals surface area contributed by atoms with E-state index in [2.05, 4.69) is 36.9 Å². The average Bonchev–Trinajstić information content (AvgIpc) is 3.21. The summed E-state index contributed by atoms with van der Waals surface area (Å²) in [6, 6.07) is 14.3. The summed E-state index contributed by atoms with van der Waals surface area (Å²) in [7, 11) is 0. The van der Waals surface area contributed by atoms with Crippen LogP contribution in [0, 0.1) is 5.92 Å². The fourth-order valence-electron chi connectivity index (χ4n) is 3.78. The molecule has 1 atom stereocenters. The highest BCUT2D eigenvalue weighted by Gasteiger charge is 2.20. The van der Waals surface area contributed by atoms with Gasteiger partial charge >= 0.3 is 5.97 Å². The van der Waals surface area contributed by atoms with Crippen molar-refractivity contribution in [1.82, 2.24) is 0 Å². The predicted octanol–water partition coefficient (Wildman–Crippen LogP) is 5.49. The molecule has 2 aromatic rings. The van der Waals surface area contributed by atoms with E-state index in [-0.39, 0.29) is 0 Å². The largest absolute Gasteiger partial charge is 0.491 e. The van der Waals surface area contributed by atoms with Gasteiger partial charge in [-0.25, -0.2) is 4.79 Å². The summed E-state index contributed by atoms with van der Waals surface area (Å²) in [6.45, 7) is 8.32. The molecule has 0 saturated carbocycles. The Hall–Kier alpha value is -2.79. The van der Waals surface area contributed by atoms with Crippen molar-refractivity contribution < 1.29 is 19.4 Å². The van der Waals surface area contributed by atoms with Gasteiger partial charge in [0.2, 0.25) is 0 Å². The zero-order valence-corrected chi connectivity index (χ0v) is 18.5. The van der Waals surface area contributed by atoms with Gasteiger partial charge in [-0.1, -0.05) is 38.5 Å². The second-order valence-corrected chi connectivity index (χ2v) is 8.12. The van der Waals surface area contributed by atoms with Crippen LogP contribution >= 0.6 is 0 Å². The van der Waals surface area contributed by atoms with Crippen LogP contribution in [-0.4, -0.2) is 44.0 Å². The smallest absolute Gasteiger partial charge is 0.328 e. The quantitative estimate of drug-likeness (QED) is 0.382. The lowest BCUT2D eigenvalue weighted by Gasteiger charge is -2.21. The van der Waals surface area contributed by atoms with Crippen molar-refractivity contribution in [2.24, 2.45) is 5.92 Å². The lowest BCUT2D eigenvalue weighted by atomic mass is 10.0. The van der Waals surface area contributed by atoms with Crippen molar-refractivity contribution in [3.05, 3.63) is 54.1 Å². The summed E-state index contributed by atoms with van der Waals surface area (Å²) in [5.74, 6) is 0.531. The Kier molecular flexibility index (Phi) is 8.53. The van der Waals surface area contributed by atoms with E-state index in [9.17, 15) is 4.79 Å². The second kappa shape index (κ2) is 11.6. The maximum Gasteiger partial charge on any atom is 0.328 e. The van der Waals surface area contributed by atoms with Crippen molar-refractivity contribution in [1.29, 1.82) is 0 Å². The normalized spacial score (nSPS) is 16.2. The minimum absolute atomic E-state index is 0.538. The van der Waals surface area contributed by atoms with E-state index in [1.165, 1.54) is 6.08 Å². The number of rotatable bonds is 11. The highest BCUT2D eigenvalue weighted by molar-refractivity contribution is 5.88. The Morgan fingerprint density at radius 2 is 1.90 bits per heavy atom. The van der Waals surface area contributed by atoms with Gasteiger partial charge in [-0.15, -0.1) is 0 Å². The fraction of sp³-hybridized carbons (Fsp3) is 0.423. The molecule has 1 N–H and O–H groups in total. The first-order valence-corrected chi connectivity index (χ1v) is 11.2. The van der Waals surface area contributed by atoms with E-state index in [1.807, 2.05) is 24.3 Å². The topological polar surface area (TPSA) is 59.0 Å². The monoisotopic (exact) mass is 423 g/mol. The van der Waals surface area contributed by atoms with Crippen LogP contribution in [0.4, 0.5) is 5.69 Å². The van der Waals surface area contributed by atoms with Gasteiger partial charge in [0.05, 0.1) is 6.61 Å². The molecule has 1 heterocycles. The minimum Gasteiger partial charge on any atom is -0.491 e. The first-order chi connectivity index (χ1) is 15.1. The number of benzene rings is 2. The highest BCUT2D eigenvalue weighted by Crippen LogP contribution is 2.32. The molecular weight excluding hydrogens is 390 g/mol. The third-order valence-corrected chi connectivity index (χ3v) is 5.52. The molecule has 1 aliphatic rings. The Balaban J connectivity index is 1.70. The number of carboxylic acids is 1.